The third-order valence-corrected chi connectivity index (χ3v) is 6.05. The van der Waals surface area contributed by atoms with Crippen LogP contribution in [0.5, 0.6) is 0 Å². The number of amides is 1. The summed E-state index contributed by atoms with van der Waals surface area (Å²) in [5.41, 5.74) is 0. The first-order valence-corrected chi connectivity index (χ1v) is 11.4. The Morgan fingerprint density at radius 1 is 1.25 bits per heavy atom. The Labute approximate surface area is 175 Å². The van der Waals surface area contributed by atoms with Crippen molar-refractivity contribution in [2.75, 3.05) is 43.5 Å². The molecule has 2 aliphatic rings. The number of hydrogen-bond donors (Lipinski definition) is 1. The number of unbranched alkanes of at least 4 members (excludes halogenated alkanes) is 3. The summed E-state index contributed by atoms with van der Waals surface area (Å²) in [4.78, 5) is 23.0. The Hall–Kier alpha value is -1.09. The third kappa shape index (κ3) is 6.20. The van der Waals surface area contributed by atoms with Crippen molar-refractivity contribution in [3.63, 3.8) is 0 Å². The lowest BCUT2D eigenvalue weighted by Gasteiger charge is -2.38. The molecule has 1 spiro atoms. The minimum atomic E-state index is -0.417. The van der Waals surface area contributed by atoms with Gasteiger partial charge in [-0.2, -0.15) is 0 Å². The van der Waals surface area contributed by atoms with E-state index in [-0.39, 0.29) is 5.91 Å². The van der Waals surface area contributed by atoms with Crippen LogP contribution in [-0.4, -0.2) is 60.3 Å². The second kappa shape index (κ2) is 10.6. The number of aromatic nitrogens is 2. The number of rotatable bonds is 9. The highest BCUT2D eigenvalue weighted by atomic mass is 35.5. The van der Waals surface area contributed by atoms with Gasteiger partial charge in [-0.1, -0.05) is 49.5 Å². The van der Waals surface area contributed by atoms with Crippen molar-refractivity contribution in [1.82, 2.24) is 15.3 Å². The molecule has 0 aliphatic carbocycles. The Morgan fingerprint density at radius 2 is 2.00 bits per heavy atom. The minimum absolute atomic E-state index is 0.00192. The molecule has 9 heteroatoms. The lowest BCUT2D eigenvalue weighted by Crippen LogP contribution is -2.45. The SMILES string of the molecule is CCCCCCNC(=O)CSc1nc(Cl)cc(N2CCC3(CC2)OCCO3)n1. The fourth-order valence-corrected chi connectivity index (χ4v) is 4.35. The number of carbonyl (C=O) groups is 1. The molecule has 1 aromatic heterocycles. The monoisotopic (exact) mass is 428 g/mol. The topological polar surface area (TPSA) is 76.6 Å². The van der Waals surface area contributed by atoms with Crippen molar-refractivity contribution >= 4 is 35.1 Å². The highest BCUT2D eigenvalue weighted by Gasteiger charge is 2.40. The zero-order valence-electron chi connectivity index (χ0n) is 16.4. The van der Waals surface area contributed by atoms with E-state index in [1.807, 2.05) is 0 Å². The number of halogens is 1. The van der Waals surface area contributed by atoms with E-state index in [9.17, 15) is 4.79 Å². The van der Waals surface area contributed by atoms with Gasteiger partial charge in [-0.25, -0.2) is 9.97 Å². The maximum absolute atomic E-state index is 12.0. The van der Waals surface area contributed by atoms with E-state index in [0.29, 0.717) is 29.3 Å². The zero-order chi connectivity index (χ0) is 19.8. The molecular formula is C19H29ClN4O3S. The summed E-state index contributed by atoms with van der Waals surface area (Å²) in [5.74, 6) is 0.663. The number of hydrogen-bond acceptors (Lipinski definition) is 7. The molecule has 0 atom stereocenters. The molecule has 1 aromatic rings. The summed E-state index contributed by atoms with van der Waals surface area (Å²) in [6.07, 6.45) is 6.18. The van der Waals surface area contributed by atoms with Crippen molar-refractivity contribution in [3.05, 3.63) is 11.2 Å². The van der Waals surface area contributed by atoms with E-state index in [0.717, 1.165) is 51.1 Å². The predicted octanol–water partition coefficient (Wildman–Crippen LogP) is 3.26. The van der Waals surface area contributed by atoms with Gasteiger partial charge < -0.3 is 19.7 Å². The highest BCUT2D eigenvalue weighted by Crippen LogP contribution is 2.33. The first-order chi connectivity index (χ1) is 13.6. The third-order valence-electron chi connectivity index (χ3n) is 5.01. The van der Waals surface area contributed by atoms with Crippen LogP contribution in [0.1, 0.15) is 45.4 Å². The smallest absolute Gasteiger partial charge is 0.230 e. The van der Waals surface area contributed by atoms with Gasteiger partial charge in [-0.3, -0.25) is 4.79 Å². The van der Waals surface area contributed by atoms with Crippen molar-refractivity contribution in [2.45, 2.75) is 56.4 Å². The predicted molar refractivity (Wildman–Crippen MR) is 111 cm³/mol. The molecule has 2 saturated heterocycles. The Bertz CT molecular complexity index is 648. The van der Waals surface area contributed by atoms with Crippen molar-refractivity contribution < 1.29 is 14.3 Å². The fourth-order valence-electron chi connectivity index (χ4n) is 3.43. The zero-order valence-corrected chi connectivity index (χ0v) is 18.0. The van der Waals surface area contributed by atoms with Gasteiger partial charge in [0.15, 0.2) is 10.9 Å². The molecule has 0 aromatic carbocycles. The second-order valence-corrected chi connectivity index (χ2v) is 8.46. The summed E-state index contributed by atoms with van der Waals surface area (Å²) in [7, 11) is 0. The molecule has 7 nitrogen and oxygen atoms in total. The Morgan fingerprint density at radius 3 is 2.71 bits per heavy atom. The molecule has 1 N–H and O–H groups in total. The summed E-state index contributed by atoms with van der Waals surface area (Å²) < 4.78 is 11.6. The van der Waals surface area contributed by atoms with Crippen molar-refractivity contribution in [2.24, 2.45) is 0 Å². The molecule has 0 saturated carbocycles. The first-order valence-electron chi connectivity index (χ1n) is 10.1. The Kier molecular flexibility index (Phi) is 8.20. The van der Waals surface area contributed by atoms with Crippen molar-refractivity contribution in [1.29, 1.82) is 0 Å². The second-order valence-electron chi connectivity index (χ2n) is 7.13. The van der Waals surface area contributed by atoms with E-state index in [4.69, 9.17) is 21.1 Å². The maximum Gasteiger partial charge on any atom is 0.230 e. The van der Waals surface area contributed by atoms with Crippen LogP contribution < -0.4 is 10.2 Å². The molecule has 28 heavy (non-hydrogen) atoms. The molecule has 3 rings (SSSR count). The molecule has 0 unspecified atom stereocenters. The van der Waals surface area contributed by atoms with Crippen LogP contribution in [0.4, 0.5) is 5.82 Å². The van der Waals surface area contributed by atoms with Crippen LogP contribution in [-0.2, 0) is 14.3 Å². The summed E-state index contributed by atoms with van der Waals surface area (Å²) in [5, 5.41) is 3.86. The van der Waals surface area contributed by atoms with E-state index in [1.54, 1.807) is 6.07 Å². The molecule has 3 heterocycles. The largest absolute Gasteiger partial charge is 0.356 e. The van der Waals surface area contributed by atoms with Gasteiger partial charge >= 0.3 is 0 Å². The van der Waals surface area contributed by atoms with Crippen LogP contribution in [0, 0.1) is 0 Å². The van der Waals surface area contributed by atoms with E-state index in [1.165, 1.54) is 24.6 Å². The lowest BCUT2D eigenvalue weighted by molar-refractivity contribution is -0.169. The normalized spacial score (nSPS) is 18.6. The number of ether oxygens (including phenoxy) is 2. The number of nitrogens with one attached hydrogen (secondary N) is 1. The van der Waals surface area contributed by atoms with Crippen LogP contribution in [0.15, 0.2) is 11.2 Å². The quantitative estimate of drug-likeness (QED) is 0.280. The van der Waals surface area contributed by atoms with Crippen LogP contribution in [0.2, 0.25) is 5.15 Å². The van der Waals surface area contributed by atoms with Gasteiger partial charge in [0, 0.05) is 38.5 Å². The number of nitrogens with zero attached hydrogens (tertiary/aromatic N) is 3. The van der Waals surface area contributed by atoms with E-state index in [2.05, 4.69) is 27.1 Å². The van der Waals surface area contributed by atoms with Crippen LogP contribution in [0.25, 0.3) is 0 Å². The van der Waals surface area contributed by atoms with E-state index < -0.39 is 5.79 Å². The molecule has 0 radical (unpaired) electrons. The lowest BCUT2D eigenvalue weighted by atomic mass is 10.0. The first kappa shape index (κ1) is 21.6. The Balaban J connectivity index is 1.47. The van der Waals surface area contributed by atoms with Gasteiger partial charge in [0.1, 0.15) is 11.0 Å². The fraction of sp³-hybridized carbons (Fsp3) is 0.737. The molecule has 0 bridgehead atoms. The molecule has 1 amide bonds. The average molecular weight is 429 g/mol. The van der Waals surface area contributed by atoms with Crippen LogP contribution in [0.3, 0.4) is 0 Å². The van der Waals surface area contributed by atoms with Gasteiger partial charge in [-0.15, -0.1) is 0 Å². The number of thioether (sulfide) groups is 1. The minimum Gasteiger partial charge on any atom is -0.356 e. The number of piperidine rings is 1. The summed E-state index contributed by atoms with van der Waals surface area (Å²) in [6, 6.07) is 1.77. The highest BCUT2D eigenvalue weighted by molar-refractivity contribution is 7.99. The maximum atomic E-state index is 12.0. The average Bonchev–Trinajstić information content (AvgIpc) is 3.14. The van der Waals surface area contributed by atoms with Crippen molar-refractivity contribution in [3.8, 4) is 0 Å². The summed E-state index contributed by atoms with van der Waals surface area (Å²) >= 11 is 7.51. The molecule has 156 valence electrons. The van der Waals surface area contributed by atoms with Gasteiger partial charge in [0.05, 0.1) is 19.0 Å². The number of carbonyl (C=O) groups excluding carboxylic acids is 1. The summed E-state index contributed by atoms with van der Waals surface area (Å²) in [6.45, 7) is 5.81. The van der Waals surface area contributed by atoms with Crippen LogP contribution >= 0.6 is 23.4 Å². The molecular weight excluding hydrogens is 400 g/mol. The molecule has 2 fully saturated rings. The molecule has 2 aliphatic heterocycles. The van der Waals surface area contributed by atoms with Gasteiger partial charge in [0.25, 0.3) is 0 Å². The van der Waals surface area contributed by atoms with E-state index >= 15 is 0 Å². The standard InChI is InChI=1S/C19H29ClN4O3S/c1-2-3-4-5-8-21-17(25)14-28-18-22-15(20)13-16(23-18)24-9-6-19(7-10-24)26-11-12-27-19/h13H,2-12,14H2,1H3,(H,21,25). The van der Waals surface area contributed by atoms with Gasteiger partial charge in [0.2, 0.25) is 5.91 Å². The van der Waals surface area contributed by atoms with Gasteiger partial charge in [-0.05, 0) is 6.42 Å². The number of anilines is 1.